The van der Waals surface area contributed by atoms with Crippen molar-refractivity contribution in [1.82, 2.24) is 9.80 Å². The Morgan fingerprint density at radius 1 is 1.16 bits per heavy atom. The van der Waals surface area contributed by atoms with Crippen LogP contribution in [0.15, 0.2) is 24.3 Å². The van der Waals surface area contributed by atoms with Gasteiger partial charge >= 0.3 is 5.97 Å². The van der Waals surface area contributed by atoms with Gasteiger partial charge in [0, 0.05) is 12.6 Å². The minimum atomic E-state index is -3.18. The predicted molar refractivity (Wildman–Crippen MR) is 116 cm³/mol. The van der Waals surface area contributed by atoms with Gasteiger partial charge in [-0.05, 0) is 31.4 Å². The molecule has 3 rings (SSSR count). The van der Waals surface area contributed by atoms with Gasteiger partial charge in [-0.1, -0.05) is 32.4 Å². The molecule has 0 bridgehead atoms. The van der Waals surface area contributed by atoms with E-state index in [1.54, 1.807) is 26.0 Å². The van der Waals surface area contributed by atoms with Crippen LogP contribution < -0.4 is 0 Å². The summed E-state index contributed by atoms with van der Waals surface area (Å²) in [5.74, 6) is -2.94. The van der Waals surface area contributed by atoms with Crippen LogP contribution in [0.5, 0.6) is 0 Å². The quantitative estimate of drug-likeness (QED) is 0.420. The zero-order valence-electron chi connectivity index (χ0n) is 18.4. The van der Waals surface area contributed by atoms with Crippen LogP contribution in [0.2, 0.25) is 0 Å². The number of hydrogen-bond acceptors (Lipinski definition) is 7. The maximum atomic E-state index is 13.0. The molecule has 9 nitrogen and oxygen atoms in total. The molecule has 0 saturated carbocycles. The average Bonchev–Trinajstić information content (AvgIpc) is 3.24. The third kappa shape index (κ3) is 4.55. The van der Waals surface area contributed by atoms with E-state index in [9.17, 15) is 27.6 Å². The lowest BCUT2D eigenvalue weighted by atomic mass is 9.97. The maximum Gasteiger partial charge on any atom is 0.330 e. The van der Waals surface area contributed by atoms with Gasteiger partial charge in [-0.3, -0.25) is 19.3 Å². The molecule has 2 aliphatic heterocycles. The van der Waals surface area contributed by atoms with E-state index in [1.807, 2.05) is 6.92 Å². The number of amides is 3. The highest BCUT2D eigenvalue weighted by Gasteiger charge is 2.45. The molecular weight excluding hydrogens is 436 g/mol. The maximum absolute atomic E-state index is 13.0. The van der Waals surface area contributed by atoms with Crippen LogP contribution in [-0.2, 0) is 24.2 Å². The average molecular weight is 465 g/mol. The van der Waals surface area contributed by atoms with Crippen molar-refractivity contribution in [2.75, 3.05) is 24.7 Å². The molecule has 1 unspecified atom stereocenters. The van der Waals surface area contributed by atoms with E-state index in [0.29, 0.717) is 12.8 Å². The lowest BCUT2D eigenvalue weighted by Gasteiger charge is -2.30. The topological polar surface area (TPSA) is 118 Å². The van der Waals surface area contributed by atoms with Crippen molar-refractivity contribution in [3.05, 3.63) is 35.4 Å². The number of carbonyl (C=O) groups excluding carboxylic acids is 4. The van der Waals surface area contributed by atoms with Crippen LogP contribution in [0.4, 0.5) is 0 Å². The summed E-state index contributed by atoms with van der Waals surface area (Å²) in [6, 6.07) is 4.75. The molecule has 1 aromatic rings. The molecular formula is C22H28N2O7S. The van der Waals surface area contributed by atoms with E-state index >= 15 is 0 Å². The molecule has 1 saturated heterocycles. The third-order valence-corrected chi connectivity index (χ3v) is 7.93. The molecule has 1 fully saturated rings. The van der Waals surface area contributed by atoms with Crippen molar-refractivity contribution >= 4 is 33.5 Å². The fourth-order valence-electron chi connectivity index (χ4n) is 4.24. The van der Waals surface area contributed by atoms with Crippen molar-refractivity contribution < 1.29 is 32.3 Å². The molecule has 2 heterocycles. The predicted octanol–water partition coefficient (Wildman–Crippen LogP) is 1.28. The first-order valence-electron chi connectivity index (χ1n) is 10.7. The fourth-order valence-corrected chi connectivity index (χ4v) is 5.97. The Morgan fingerprint density at radius 2 is 1.75 bits per heavy atom. The first-order chi connectivity index (χ1) is 15.1. The van der Waals surface area contributed by atoms with Crippen LogP contribution in [-0.4, -0.2) is 78.6 Å². The summed E-state index contributed by atoms with van der Waals surface area (Å²) in [6.07, 6.45) is 0.850. The van der Waals surface area contributed by atoms with Gasteiger partial charge in [-0.25, -0.2) is 13.2 Å². The van der Waals surface area contributed by atoms with Gasteiger partial charge in [0.05, 0.1) is 22.6 Å². The number of benzene rings is 1. The Bertz CT molecular complexity index is 1000. The lowest BCUT2D eigenvalue weighted by Crippen LogP contribution is -2.50. The number of likely N-dealkylation sites (N-methyl/N-ethyl adjacent to an activating group) is 1. The van der Waals surface area contributed by atoms with E-state index in [0.717, 1.165) is 4.90 Å². The van der Waals surface area contributed by atoms with E-state index < -0.39 is 52.2 Å². The van der Waals surface area contributed by atoms with Gasteiger partial charge in [-0.2, -0.15) is 0 Å². The molecule has 174 valence electrons. The molecule has 0 aromatic heterocycles. The van der Waals surface area contributed by atoms with Crippen molar-refractivity contribution in [3.63, 3.8) is 0 Å². The van der Waals surface area contributed by atoms with Crippen LogP contribution >= 0.6 is 0 Å². The van der Waals surface area contributed by atoms with Crippen molar-refractivity contribution in [2.24, 2.45) is 5.92 Å². The SMILES string of the molecule is CC[C@H](C)[C@@H](C(=O)OCC(=O)N(CC)C1CCS(=O)(=O)C1)N1C(=O)c2ccccc2C1=O. The highest BCUT2D eigenvalue weighted by molar-refractivity contribution is 7.91. The van der Waals surface area contributed by atoms with Crippen LogP contribution in [0.1, 0.15) is 54.3 Å². The van der Waals surface area contributed by atoms with Gasteiger partial charge < -0.3 is 9.64 Å². The zero-order chi connectivity index (χ0) is 23.6. The zero-order valence-corrected chi connectivity index (χ0v) is 19.3. The molecule has 0 aliphatic carbocycles. The highest BCUT2D eigenvalue weighted by atomic mass is 32.2. The normalized spacial score (nSPS) is 21.2. The molecule has 10 heteroatoms. The smallest absolute Gasteiger partial charge is 0.330 e. The molecule has 0 spiro atoms. The monoisotopic (exact) mass is 464 g/mol. The number of imide groups is 1. The number of ether oxygens (including phenoxy) is 1. The number of hydrogen-bond donors (Lipinski definition) is 0. The van der Waals surface area contributed by atoms with E-state index in [4.69, 9.17) is 4.74 Å². The summed E-state index contributed by atoms with van der Waals surface area (Å²) < 4.78 is 28.8. The summed E-state index contributed by atoms with van der Waals surface area (Å²) in [4.78, 5) is 53.7. The second-order valence-corrected chi connectivity index (χ2v) is 10.4. The molecule has 1 aromatic carbocycles. The summed E-state index contributed by atoms with van der Waals surface area (Å²) in [6.45, 7) is 4.99. The Morgan fingerprint density at radius 3 is 2.22 bits per heavy atom. The van der Waals surface area contributed by atoms with Gasteiger partial charge in [0.15, 0.2) is 16.4 Å². The van der Waals surface area contributed by atoms with Gasteiger partial charge in [0.2, 0.25) is 0 Å². The van der Waals surface area contributed by atoms with Crippen LogP contribution in [0.3, 0.4) is 0 Å². The van der Waals surface area contributed by atoms with Crippen LogP contribution in [0.25, 0.3) is 0 Å². The van der Waals surface area contributed by atoms with Crippen molar-refractivity contribution in [1.29, 1.82) is 0 Å². The summed E-state index contributed by atoms with van der Waals surface area (Å²) in [5, 5.41) is 0. The first-order valence-corrected chi connectivity index (χ1v) is 12.6. The highest BCUT2D eigenvalue weighted by Crippen LogP contribution is 2.28. The molecule has 3 atom stereocenters. The summed E-state index contributed by atoms with van der Waals surface area (Å²) >= 11 is 0. The molecule has 32 heavy (non-hydrogen) atoms. The van der Waals surface area contributed by atoms with E-state index in [1.165, 1.54) is 17.0 Å². The van der Waals surface area contributed by atoms with Gasteiger partial charge in [-0.15, -0.1) is 0 Å². The molecule has 2 aliphatic rings. The first kappa shape index (κ1) is 23.9. The van der Waals surface area contributed by atoms with Gasteiger partial charge in [0.1, 0.15) is 6.04 Å². The second-order valence-electron chi connectivity index (χ2n) is 8.20. The minimum Gasteiger partial charge on any atom is -0.454 e. The van der Waals surface area contributed by atoms with E-state index in [2.05, 4.69) is 0 Å². The summed E-state index contributed by atoms with van der Waals surface area (Å²) in [7, 11) is -3.18. The van der Waals surface area contributed by atoms with Crippen LogP contribution in [0, 0.1) is 5.92 Å². The van der Waals surface area contributed by atoms with Crippen molar-refractivity contribution in [2.45, 2.75) is 45.7 Å². The van der Waals surface area contributed by atoms with Crippen molar-refractivity contribution in [3.8, 4) is 0 Å². The Labute approximate surface area is 187 Å². The Hall–Kier alpha value is -2.75. The second kappa shape index (κ2) is 9.40. The fraction of sp³-hybridized carbons (Fsp3) is 0.545. The number of carbonyl (C=O) groups is 4. The number of esters is 1. The number of rotatable bonds is 8. The summed E-state index contributed by atoms with van der Waals surface area (Å²) in [5.41, 5.74) is 0.462. The number of sulfone groups is 1. The Balaban J connectivity index is 1.73. The molecule has 3 amide bonds. The number of fused-ring (bicyclic) bond motifs is 1. The third-order valence-electron chi connectivity index (χ3n) is 6.18. The molecule has 0 radical (unpaired) electrons. The minimum absolute atomic E-state index is 0.0249. The number of nitrogens with zero attached hydrogens (tertiary/aromatic N) is 2. The largest absolute Gasteiger partial charge is 0.454 e. The lowest BCUT2D eigenvalue weighted by molar-refractivity contribution is -0.157. The van der Waals surface area contributed by atoms with Gasteiger partial charge in [0.25, 0.3) is 17.7 Å². The molecule has 0 N–H and O–H groups in total. The standard InChI is InChI=1S/C22H28N2O7S/c1-4-14(3)19(24-20(26)16-8-6-7-9-17(16)21(24)27)22(28)31-12-18(25)23(5-2)15-10-11-32(29,30)13-15/h6-9,14-15,19H,4-5,10-13H2,1-3H3/t14-,15?,19-/m0/s1. The van der Waals surface area contributed by atoms with E-state index in [-0.39, 0.29) is 35.1 Å². The Kier molecular flexibility index (Phi) is 7.02.